The van der Waals surface area contributed by atoms with E-state index in [9.17, 15) is 9.59 Å². The summed E-state index contributed by atoms with van der Waals surface area (Å²) in [6, 6.07) is 7.77. The Morgan fingerprint density at radius 1 is 1.16 bits per heavy atom. The highest BCUT2D eigenvalue weighted by atomic mass is 16.6. The number of anilines is 1. The summed E-state index contributed by atoms with van der Waals surface area (Å²) in [6.45, 7) is 8.55. The van der Waals surface area contributed by atoms with E-state index in [-0.39, 0.29) is 24.0 Å². The molecule has 1 aliphatic carbocycles. The van der Waals surface area contributed by atoms with Crippen LogP contribution in [-0.2, 0) is 16.1 Å². The number of amides is 2. The summed E-state index contributed by atoms with van der Waals surface area (Å²) in [5, 5.41) is 0. The van der Waals surface area contributed by atoms with Crippen molar-refractivity contribution in [1.82, 2.24) is 4.90 Å². The van der Waals surface area contributed by atoms with Crippen molar-refractivity contribution in [2.45, 2.75) is 65.1 Å². The number of hydrogen-bond acceptors (Lipinski definition) is 3. The molecule has 0 spiro atoms. The van der Waals surface area contributed by atoms with Crippen LogP contribution in [0.2, 0.25) is 0 Å². The van der Waals surface area contributed by atoms with E-state index in [4.69, 9.17) is 4.74 Å². The number of fused-ring (bicyclic) bond motifs is 1. The van der Waals surface area contributed by atoms with Gasteiger partial charge in [-0.3, -0.25) is 9.69 Å². The first-order valence-electron chi connectivity index (χ1n) is 9.15. The molecule has 0 N–H and O–H groups in total. The number of rotatable bonds is 1. The smallest absolute Gasteiger partial charge is 0.410 e. The third-order valence-electron chi connectivity index (χ3n) is 4.95. The van der Waals surface area contributed by atoms with Gasteiger partial charge >= 0.3 is 6.09 Å². The lowest BCUT2D eigenvalue weighted by Crippen LogP contribution is -2.47. The molecule has 2 aliphatic rings. The predicted molar refractivity (Wildman–Crippen MR) is 97.4 cm³/mol. The fraction of sp³-hybridized carbons (Fsp3) is 0.600. The van der Waals surface area contributed by atoms with Crippen LogP contribution in [0, 0.1) is 5.92 Å². The standard InChI is InChI=1S/C20H28N2O3/c1-14-12-22(18(23)15-9-7-10-15)17-11-6-5-8-16(17)13-21(14)19(24)25-20(2,3)4/h5-6,8,11,14-15H,7,9-10,12-13H2,1-4H3. The molecule has 2 amide bonds. The topological polar surface area (TPSA) is 49.9 Å². The Kier molecular flexibility index (Phi) is 4.76. The van der Waals surface area contributed by atoms with Crippen LogP contribution in [0.1, 0.15) is 52.5 Å². The van der Waals surface area contributed by atoms with E-state index in [0.717, 1.165) is 30.5 Å². The minimum absolute atomic E-state index is 0.105. The third kappa shape index (κ3) is 3.80. The molecule has 1 atom stereocenters. The Morgan fingerprint density at radius 3 is 2.44 bits per heavy atom. The Hall–Kier alpha value is -2.04. The van der Waals surface area contributed by atoms with E-state index >= 15 is 0 Å². The average molecular weight is 344 g/mol. The van der Waals surface area contributed by atoms with E-state index in [2.05, 4.69) is 0 Å². The van der Waals surface area contributed by atoms with Gasteiger partial charge in [-0.15, -0.1) is 0 Å². The number of carbonyl (C=O) groups excluding carboxylic acids is 2. The minimum atomic E-state index is -0.538. The maximum Gasteiger partial charge on any atom is 0.410 e. The first-order valence-corrected chi connectivity index (χ1v) is 9.15. The van der Waals surface area contributed by atoms with E-state index in [1.165, 1.54) is 0 Å². The summed E-state index contributed by atoms with van der Waals surface area (Å²) < 4.78 is 5.58. The minimum Gasteiger partial charge on any atom is -0.444 e. The molecule has 1 aliphatic heterocycles. The lowest BCUT2D eigenvalue weighted by molar-refractivity contribution is -0.124. The molecular formula is C20H28N2O3. The Labute approximate surface area is 149 Å². The number of ether oxygens (including phenoxy) is 1. The normalized spacial score (nSPS) is 21.2. The molecule has 1 unspecified atom stereocenters. The number of hydrogen-bond donors (Lipinski definition) is 0. The molecule has 1 heterocycles. The number of para-hydroxylation sites is 1. The molecule has 1 aromatic rings. The van der Waals surface area contributed by atoms with Gasteiger partial charge in [-0.05, 0) is 52.2 Å². The van der Waals surface area contributed by atoms with Gasteiger partial charge in [0, 0.05) is 18.2 Å². The molecule has 1 saturated carbocycles. The molecule has 5 nitrogen and oxygen atoms in total. The quantitative estimate of drug-likeness (QED) is 0.775. The molecule has 1 aromatic carbocycles. The van der Waals surface area contributed by atoms with Gasteiger partial charge in [-0.2, -0.15) is 0 Å². The van der Waals surface area contributed by atoms with Crippen LogP contribution in [0.5, 0.6) is 0 Å². The molecule has 5 heteroatoms. The fourth-order valence-corrected chi connectivity index (χ4v) is 3.36. The number of benzene rings is 1. The molecule has 25 heavy (non-hydrogen) atoms. The first-order chi connectivity index (χ1) is 11.8. The fourth-order valence-electron chi connectivity index (χ4n) is 3.36. The zero-order valence-corrected chi connectivity index (χ0v) is 15.6. The van der Waals surface area contributed by atoms with Crippen molar-refractivity contribution in [3.8, 4) is 0 Å². The van der Waals surface area contributed by atoms with Gasteiger partial charge in [0.15, 0.2) is 0 Å². The molecule has 136 valence electrons. The predicted octanol–water partition coefficient (Wildman–Crippen LogP) is 3.96. The van der Waals surface area contributed by atoms with Crippen molar-refractivity contribution >= 4 is 17.7 Å². The van der Waals surface area contributed by atoms with E-state index < -0.39 is 5.60 Å². The summed E-state index contributed by atoms with van der Waals surface area (Å²) in [5.74, 6) is 0.324. The maximum absolute atomic E-state index is 12.9. The van der Waals surface area contributed by atoms with Gasteiger partial charge in [0.1, 0.15) is 5.60 Å². The zero-order valence-electron chi connectivity index (χ0n) is 15.6. The van der Waals surface area contributed by atoms with Crippen molar-refractivity contribution in [1.29, 1.82) is 0 Å². The number of carbonyl (C=O) groups is 2. The van der Waals surface area contributed by atoms with Crippen molar-refractivity contribution in [2.75, 3.05) is 11.4 Å². The molecule has 0 aromatic heterocycles. The van der Waals surface area contributed by atoms with Crippen molar-refractivity contribution in [3.63, 3.8) is 0 Å². The molecule has 1 fully saturated rings. The summed E-state index contributed by atoms with van der Waals surface area (Å²) in [4.78, 5) is 29.2. The van der Waals surface area contributed by atoms with Gasteiger partial charge in [0.2, 0.25) is 5.91 Å². The highest BCUT2D eigenvalue weighted by molar-refractivity contribution is 5.96. The van der Waals surface area contributed by atoms with E-state index in [0.29, 0.717) is 13.1 Å². The lowest BCUT2D eigenvalue weighted by Gasteiger charge is -2.34. The van der Waals surface area contributed by atoms with Crippen molar-refractivity contribution in [3.05, 3.63) is 29.8 Å². The van der Waals surface area contributed by atoms with Gasteiger partial charge in [0.25, 0.3) is 0 Å². The molecule has 0 bridgehead atoms. The highest BCUT2D eigenvalue weighted by Gasteiger charge is 2.36. The molecule has 3 rings (SSSR count). The Morgan fingerprint density at radius 2 is 1.84 bits per heavy atom. The molecule has 0 radical (unpaired) electrons. The van der Waals surface area contributed by atoms with Crippen LogP contribution in [0.15, 0.2) is 24.3 Å². The van der Waals surface area contributed by atoms with Gasteiger partial charge < -0.3 is 9.64 Å². The summed E-state index contributed by atoms with van der Waals surface area (Å²) >= 11 is 0. The van der Waals surface area contributed by atoms with Crippen molar-refractivity contribution < 1.29 is 14.3 Å². The maximum atomic E-state index is 12.9. The van der Waals surface area contributed by atoms with Crippen LogP contribution < -0.4 is 4.90 Å². The van der Waals surface area contributed by atoms with Gasteiger partial charge in [0.05, 0.1) is 12.6 Å². The zero-order chi connectivity index (χ0) is 18.2. The van der Waals surface area contributed by atoms with Crippen LogP contribution in [0.4, 0.5) is 10.5 Å². The van der Waals surface area contributed by atoms with Crippen LogP contribution in [0.25, 0.3) is 0 Å². The average Bonchev–Trinajstić information content (AvgIpc) is 2.61. The second kappa shape index (κ2) is 6.70. The van der Waals surface area contributed by atoms with Crippen molar-refractivity contribution in [2.24, 2.45) is 5.92 Å². The second-order valence-corrected chi connectivity index (χ2v) is 8.16. The van der Waals surface area contributed by atoms with Gasteiger partial charge in [-0.25, -0.2) is 4.79 Å². The summed E-state index contributed by atoms with van der Waals surface area (Å²) in [6.07, 6.45) is 2.75. The SMILES string of the molecule is CC1CN(C(=O)C2CCC2)c2ccccc2CN1C(=O)OC(C)(C)C. The third-order valence-corrected chi connectivity index (χ3v) is 4.95. The van der Waals surface area contributed by atoms with Crippen LogP contribution >= 0.6 is 0 Å². The Balaban J connectivity index is 1.89. The summed E-state index contributed by atoms with van der Waals surface area (Å²) in [7, 11) is 0. The summed E-state index contributed by atoms with van der Waals surface area (Å²) in [5.41, 5.74) is 1.38. The first kappa shape index (κ1) is 17.8. The largest absolute Gasteiger partial charge is 0.444 e. The lowest BCUT2D eigenvalue weighted by atomic mass is 9.84. The second-order valence-electron chi connectivity index (χ2n) is 8.16. The van der Waals surface area contributed by atoms with Crippen LogP contribution in [-0.4, -0.2) is 35.1 Å². The molecule has 0 saturated heterocycles. The number of nitrogens with zero attached hydrogens (tertiary/aromatic N) is 2. The monoisotopic (exact) mass is 344 g/mol. The van der Waals surface area contributed by atoms with Crippen LogP contribution in [0.3, 0.4) is 0 Å². The van der Waals surface area contributed by atoms with E-state index in [1.54, 1.807) is 4.90 Å². The highest BCUT2D eigenvalue weighted by Crippen LogP contribution is 2.34. The molecular weight excluding hydrogens is 316 g/mol. The Bertz CT molecular complexity index is 661. The van der Waals surface area contributed by atoms with E-state index in [1.807, 2.05) is 56.9 Å². The van der Waals surface area contributed by atoms with Gasteiger partial charge in [-0.1, -0.05) is 24.6 Å².